The van der Waals surface area contributed by atoms with Gasteiger partial charge >= 0.3 is 19.5 Å². The maximum Gasteiger partial charge on any atom is 0.342 e. The van der Waals surface area contributed by atoms with E-state index >= 15 is 0 Å². The van der Waals surface area contributed by atoms with Crippen molar-refractivity contribution in [2.24, 2.45) is 0 Å². The van der Waals surface area contributed by atoms with Crippen LogP contribution in [-0.2, 0) is 18.9 Å². The van der Waals surface area contributed by atoms with Gasteiger partial charge in [0.2, 0.25) is 0 Å². The lowest BCUT2D eigenvalue weighted by Crippen LogP contribution is -2.38. The summed E-state index contributed by atoms with van der Waals surface area (Å²) >= 11 is 0. The van der Waals surface area contributed by atoms with Crippen molar-refractivity contribution in [1.82, 2.24) is 0 Å². The van der Waals surface area contributed by atoms with Gasteiger partial charge in [-0.05, 0) is 49.5 Å². The quantitative estimate of drug-likeness (QED) is 0.260. The van der Waals surface area contributed by atoms with Gasteiger partial charge in [-0.1, -0.05) is 105 Å². The van der Waals surface area contributed by atoms with Crippen molar-refractivity contribution in [3.8, 4) is 0 Å². The Kier molecular flexibility index (Phi) is 11.3. The second kappa shape index (κ2) is 13.7. The molecule has 0 saturated carbocycles. The van der Waals surface area contributed by atoms with Gasteiger partial charge in [-0.3, -0.25) is 9.36 Å². The summed E-state index contributed by atoms with van der Waals surface area (Å²) in [7, 11) is -4.47. The molecule has 204 valence electrons. The zero-order valence-corrected chi connectivity index (χ0v) is 23.9. The fraction of sp³-hybridized carbons (Fsp3) is 0.276. The van der Waals surface area contributed by atoms with Crippen molar-refractivity contribution in [3.05, 3.63) is 91.0 Å². The summed E-state index contributed by atoms with van der Waals surface area (Å²) in [6.07, 6.45) is 0.152. The molecule has 3 aromatic carbocycles. The zero-order valence-electron chi connectivity index (χ0n) is 22.2. The summed E-state index contributed by atoms with van der Waals surface area (Å²) in [5.41, 5.74) is 0. The molecule has 0 aromatic heterocycles. The van der Waals surface area contributed by atoms with Crippen LogP contribution in [0.5, 0.6) is 0 Å². The zero-order chi connectivity index (χ0) is 28.4. The second-order valence-corrected chi connectivity index (χ2v) is 14.1. The molecule has 9 heteroatoms. The molecule has 0 aliphatic heterocycles. The van der Waals surface area contributed by atoms with E-state index in [9.17, 15) is 19.3 Å². The van der Waals surface area contributed by atoms with E-state index in [4.69, 9.17) is 9.79 Å². The molecule has 38 heavy (non-hydrogen) atoms. The lowest BCUT2D eigenvalue weighted by molar-refractivity contribution is -0.147. The molecule has 0 atom stereocenters. The molecule has 0 amide bonds. The normalized spacial score (nSPS) is 11.6. The molecule has 0 radical (unpaired) electrons. The lowest BCUT2D eigenvalue weighted by Gasteiger charge is -2.30. The molecule has 0 aliphatic rings. The number of ether oxygens (including phenoxy) is 1. The predicted molar refractivity (Wildman–Crippen MR) is 155 cm³/mol. The summed E-state index contributed by atoms with van der Waals surface area (Å²) in [6.45, 7) is 4.24. The van der Waals surface area contributed by atoms with Gasteiger partial charge in [0.25, 0.3) is 0 Å². The van der Waals surface area contributed by atoms with Crippen molar-refractivity contribution in [1.29, 1.82) is 0 Å². The van der Waals surface area contributed by atoms with Crippen molar-refractivity contribution < 1.29 is 33.8 Å². The first-order chi connectivity index (χ1) is 18.0. The van der Waals surface area contributed by atoms with E-state index in [1.807, 2.05) is 91.0 Å². The molecule has 0 aliphatic carbocycles. The highest BCUT2D eigenvalue weighted by molar-refractivity contribution is 7.96. The molecular formula is C29H36O7P2. The predicted octanol–water partition coefficient (Wildman–Crippen LogP) is 4.54. The minimum Gasteiger partial charge on any atom is -0.478 e. The van der Waals surface area contributed by atoms with Gasteiger partial charge in [-0.2, -0.15) is 0 Å². The molecule has 0 saturated heterocycles. The maximum atomic E-state index is 12.1. The van der Waals surface area contributed by atoms with E-state index in [2.05, 4.69) is 4.74 Å². The van der Waals surface area contributed by atoms with Crippen LogP contribution in [0.3, 0.4) is 0 Å². The van der Waals surface area contributed by atoms with Gasteiger partial charge in [0.1, 0.15) is 0 Å². The van der Waals surface area contributed by atoms with Gasteiger partial charge in [0.05, 0.1) is 6.61 Å². The first-order valence-electron chi connectivity index (χ1n) is 12.4. The largest absolute Gasteiger partial charge is 0.478 e. The van der Waals surface area contributed by atoms with Gasteiger partial charge in [-0.25, -0.2) is 4.79 Å². The van der Waals surface area contributed by atoms with Crippen molar-refractivity contribution in [3.63, 3.8) is 0 Å². The van der Waals surface area contributed by atoms with E-state index in [0.29, 0.717) is 5.29 Å². The Morgan fingerprint density at radius 3 is 1.32 bits per heavy atom. The topological polar surface area (TPSA) is 121 Å². The molecule has 3 N–H and O–H groups in total. The number of rotatable bonds is 9. The number of carbonyl (C=O) groups is 2. The molecule has 0 fully saturated rings. The van der Waals surface area contributed by atoms with Crippen molar-refractivity contribution in [2.75, 3.05) is 6.61 Å². The summed E-state index contributed by atoms with van der Waals surface area (Å²) in [5.74, 6) is -1.65. The maximum absolute atomic E-state index is 12.1. The number of carbonyl (C=O) groups excluding carboxylic acids is 1. The number of esters is 1. The van der Waals surface area contributed by atoms with Gasteiger partial charge in [0.15, 0.2) is 5.16 Å². The highest BCUT2D eigenvalue weighted by Crippen LogP contribution is 2.55. The van der Waals surface area contributed by atoms with Crippen LogP contribution >= 0.6 is 14.5 Å². The third kappa shape index (κ3) is 6.36. The Morgan fingerprint density at radius 1 is 0.737 bits per heavy atom. The van der Waals surface area contributed by atoms with E-state index in [1.54, 1.807) is 27.7 Å². The molecule has 0 spiro atoms. The SMILES string of the molecule is CC(C(=O)O)=P(c1ccccc1)(c1ccccc1)c1ccccc1.CCOC(=O)C(CC)(CC)P(=O)(O)O. The third-order valence-electron chi connectivity index (χ3n) is 6.63. The fourth-order valence-electron chi connectivity index (χ4n) is 4.46. The standard InChI is InChI=1S/C21H19O2P.C8H17O5P/c1-17(21(22)23)24(18-11-5-2-6-12-18,19-13-7-3-8-14-19)20-15-9-4-10-16-20;1-4-8(5-2,14(10,11)12)7(9)13-6-3/h2-16H,1H3,(H,22,23);4-6H2,1-3H3,(H2,10,11,12). The summed E-state index contributed by atoms with van der Waals surface area (Å²) in [4.78, 5) is 41.8. The number of carboxylic acids is 1. The van der Waals surface area contributed by atoms with E-state index < -0.39 is 31.6 Å². The Hall–Kier alpha value is -2.95. The molecule has 7 nitrogen and oxygen atoms in total. The molecule has 3 rings (SSSR count). The van der Waals surface area contributed by atoms with Crippen LogP contribution in [0.4, 0.5) is 0 Å². The Labute approximate surface area is 224 Å². The van der Waals surface area contributed by atoms with Crippen LogP contribution in [0.2, 0.25) is 0 Å². The fourth-order valence-corrected chi connectivity index (χ4v) is 9.79. The lowest BCUT2D eigenvalue weighted by atomic mass is 10.0. The van der Waals surface area contributed by atoms with E-state index in [-0.39, 0.29) is 19.4 Å². The van der Waals surface area contributed by atoms with Gasteiger partial charge < -0.3 is 19.6 Å². The number of aliphatic carboxylic acids is 1. The number of hydrogen-bond acceptors (Lipinski definition) is 4. The smallest absolute Gasteiger partial charge is 0.342 e. The third-order valence-corrected chi connectivity index (χ3v) is 13.0. The molecular weight excluding hydrogens is 522 g/mol. The molecule has 3 aromatic rings. The average Bonchev–Trinajstić information content (AvgIpc) is 2.92. The Bertz CT molecular complexity index is 1190. The van der Waals surface area contributed by atoms with Gasteiger partial charge in [0, 0.05) is 5.29 Å². The summed E-state index contributed by atoms with van der Waals surface area (Å²) in [5, 5.41) is 11.9. The Morgan fingerprint density at radius 2 is 1.08 bits per heavy atom. The minimum absolute atomic E-state index is 0.0760. The van der Waals surface area contributed by atoms with Crippen LogP contribution in [-0.4, -0.2) is 43.9 Å². The van der Waals surface area contributed by atoms with Crippen molar-refractivity contribution >= 4 is 47.6 Å². The highest BCUT2D eigenvalue weighted by atomic mass is 31.2. The van der Waals surface area contributed by atoms with Crippen LogP contribution < -0.4 is 15.9 Å². The monoisotopic (exact) mass is 558 g/mol. The minimum atomic E-state index is -4.47. The first kappa shape index (κ1) is 31.3. The second-order valence-electron chi connectivity index (χ2n) is 8.57. The van der Waals surface area contributed by atoms with Crippen LogP contribution in [0.25, 0.3) is 0 Å². The van der Waals surface area contributed by atoms with E-state index in [0.717, 1.165) is 15.9 Å². The van der Waals surface area contributed by atoms with E-state index in [1.165, 1.54) is 0 Å². The van der Waals surface area contributed by atoms with Crippen LogP contribution in [0.1, 0.15) is 40.5 Å². The van der Waals surface area contributed by atoms with Crippen LogP contribution in [0.15, 0.2) is 91.0 Å². The molecule has 0 heterocycles. The Balaban J connectivity index is 0.000000312. The number of hydrogen-bond donors (Lipinski definition) is 3. The highest BCUT2D eigenvalue weighted by Gasteiger charge is 2.51. The molecule has 0 unspecified atom stereocenters. The van der Waals surface area contributed by atoms with Gasteiger partial charge in [-0.15, -0.1) is 0 Å². The summed E-state index contributed by atoms with van der Waals surface area (Å²) in [6, 6.07) is 30.0. The summed E-state index contributed by atoms with van der Waals surface area (Å²) < 4.78 is 15.9. The van der Waals surface area contributed by atoms with Crippen molar-refractivity contribution in [2.45, 2.75) is 45.7 Å². The van der Waals surface area contributed by atoms with Crippen LogP contribution in [0, 0.1) is 0 Å². The number of carboxylic acid groups (broad SMARTS) is 1. The molecule has 0 bridgehead atoms. The average molecular weight is 559 g/mol. The number of benzene rings is 3. The first-order valence-corrected chi connectivity index (χ1v) is 15.8.